The molecule has 1 aliphatic rings. The Morgan fingerprint density at radius 3 is 2.54 bits per heavy atom. The van der Waals surface area contributed by atoms with Crippen LogP contribution in [-0.4, -0.2) is 63.0 Å². The molecule has 1 saturated heterocycles. The number of hydrogen-bond donors (Lipinski definition) is 1. The van der Waals surface area contributed by atoms with Crippen molar-refractivity contribution >= 4 is 11.0 Å². The number of rotatable bonds is 6. The lowest BCUT2D eigenvalue weighted by Crippen LogP contribution is -2.31. The molecular weight excluding hydrogens is 456 g/mol. The van der Waals surface area contributed by atoms with Gasteiger partial charge in [0.15, 0.2) is 0 Å². The molecule has 1 N–H and O–H groups in total. The van der Waals surface area contributed by atoms with Gasteiger partial charge in [-0.15, -0.1) is 0 Å². The smallest absolute Gasteiger partial charge is 0.138 e. The second-order valence-electron chi connectivity index (χ2n) is 10.3. The monoisotopic (exact) mass is 488 g/mol. The summed E-state index contributed by atoms with van der Waals surface area (Å²) in [6.45, 7) is 5.31. The van der Waals surface area contributed by atoms with E-state index in [-0.39, 0.29) is 0 Å². The molecule has 0 spiro atoms. The summed E-state index contributed by atoms with van der Waals surface area (Å²) in [4.78, 5) is 22.3. The molecule has 5 aromatic rings. The highest BCUT2D eigenvalue weighted by atomic mass is 15.2. The molecule has 1 atom stereocenters. The van der Waals surface area contributed by atoms with Gasteiger partial charge in [0.2, 0.25) is 0 Å². The average Bonchev–Trinajstić information content (AvgIpc) is 3.58. The number of aromatic nitrogens is 4. The third-order valence-electron chi connectivity index (χ3n) is 7.40. The van der Waals surface area contributed by atoms with Gasteiger partial charge in [-0.1, -0.05) is 30.3 Å². The number of H-pyrrole nitrogens is 1. The number of nitrogens with zero attached hydrogens (tertiary/aromatic N) is 5. The zero-order valence-electron chi connectivity index (χ0n) is 21.6. The summed E-state index contributed by atoms with van der Waals surface area (Å²) >= 11 is 0. The maximum Gasteiger partial charge on any atom is 0.138 e. The standard InChI is InChI=1S/C31H32N6/c1-21-5-4-6-29(34-21)30-16-28(27-11-13-33-31(27)35-30)25-15-24(17-32-18-25)23-9-7-22(8-10-23)19-37-14-12-26(20-37)36(2)3/h4-11,13,15-18,26H,12,14,19-20H2,1-3H3,(H,33,35). The normalized spacial score (nSPS) is 16.2. The molecule has 0 saturated carbocycles. The van der Waals surface area contributed by atoms with E-state index in [1.165, 1.54) is 17.5 Å². The van der Waals surface area contributed by atoms with Crippen molar-refractivity contribution in [2.75, 3.05) is 27.2 Å². The number of benzene rings is 1. The summed E-state index contributed by atoms with van der Waals surface area (Å²) < 4.78 is 0. The van der Waals surface area contributed by atoms with Crippen molar-refractivity contribution in [1.29, 1.82) is 0 Å². The second-order valence-corrected chi connectivity index (χ2v) is 10.3. The van der Waals surface area contributed by atoms with Crippen LogP contribution in [0.1, 0.15) is 17.7 Å². The summed E-state index contributed by atoms with van der Waals surface area (Å²) in [5, 5.41) is 1.08. The zero-order chi connectivity index (χ0) is 25.4. The molecule has 37 heavy (non-hydrogen) atoms. The third kappa shape index (κ3) is 4.90. The quantitative estimate of drug-likeness (QED) is 0.327. The van der Waals surface area contributed by atoms with Crippen molar-refractivity contribution in [3.05, 3.63) is 90.5 Å². The highest BCUT2D eigenvalue weighted by Crippen LogP contribution is 2.33. The van der Waals surface area contributed by atoms with Crippen LogP contribution in [0, 0.1) is 6.92 Å². The van der Waals surface area contributed by atoms with Crippen molar-refractivity contribution in [2.45, 2.75) is 25.9 Å². The average molecular weight is 489 g/mol. The van der Waals surface area contributed by atoms with Gasteiger partial charge < -0.3 is 9.88 Å². The van der Waals surface area contributed by atoms with Gasteiger partial charge in [0.25, 0.3) is 0 Å². The van der Waals surface area contributed by atoms with Gasteiger partial charge in [-0.2, -0.15) is 0 Å². The van der Waals surface area contributed by atoms with Crippen LogP contribution in [0.5, 0.6) is 0 Å². The molecule has 0 aliphatic carbocycles. The first kappa shape index (κ1) is 23.5. The van der Waals surface area contributed by atoms with Crippen LogP contribution in [0.4, 0.5) is 0 Å². The number of likely N-dealkylation sites (tertiary alicyclic amines) is 1. The Hall–Kier alpha value is -3.87. The van der Waals surface area contributed by atoms with Gasteiger partial charge in [0.05, 0.1) is 11.4 Å². The summed E-state index contributed by atoms with van der Waals surface area (Å²) in [5.41, 5.74) is 9.33. The minimum absolute atomic E-state index is 0.662. The molecule has 6 rings (SSSR count). The maximum atomic E-state index is 4.83. The van der Waals surface area contributed by atoms with Crippen molar-refractivity contribution in [2.24, 2.45) is 0 Å². The van der Waals surface area contributed by atoms with Crippen LogP contribution in [0.25, 0.3) is 44.7 Å². The van der Waals surface area contributed by atoms with E-state index in [0.29, 0.717) is 6.04 Å². The van der Waals surface area contributed by atoms with Crippen LogP contribution >= 0.6 is 0 Å². The fourth-order valence-electron chi connectivity index (χ4n) is 5.28. The van der Waals surface area contributed by atoms with E-state index in [2.05, 4.69) is 76.3 Å². The lowest BCUT2D eigenvalue weighted by molar-refractivity contribution is 0.264. The van der Waals surface area contributed by atoms with Gasteiger partial charge >= 0.3 is 0 Å². The Balaban J connectivity index is 1.29. The van der Waals surface area contributed by atoms with E-state index < -0.39 is 0 Å². The number of aromatic amines is 1. The molecule has 1 aliphatic heterocycles. The largest absolute Gasteiger partial charge is 0.346 e. The molecule has 1 fully saturated rings. The lowest BCUT2D eigenvalue weighted by atomic mass is 9.99. The molecule has 5 heterocycles. The van der Waals surface area contributed by atoms with Crippen LogP contribution in [0.2, 0.25) is 0 Å². The maximum absolute atomic E-state index is 4.83. The van der Waals surface area contributed by atoms with Crippen LogP contribution < -0.4 is 0 Å². The SMILES string of the molecule is Cc1cccc(-c2cc(-c3cncc(-c4ccc(CN5CCC(N(C)C)C5)cc4)c3)c3cc[nH]c3n2)n1. The van der Waals surface area contributed by atoms with Crippen LogP contribution in [-0.2, 0) is 6.54 Å². The first-order valence-electron chi connectivity index (χ1n) is 12.9. The van der Waals surface area contributed by atoms with Gasteiger partial charge in [-0.25, -0.2) is 4.98 Å². The van der Waals surface area contributed by atoms with Gasteiger partial charge in [0.1, 0.15) is 5.65 Å². The first-order valence-corrected chi connectivity index (χ1v) is 12.9. The minimum atomic E-state index is 0.662. The van der Waals surface area contributed by atoms with E-state index in [1.807, 2.05) is 43.7 Å². The Morgan fingerprint density at radius 2 is 1.76 bits per heavy atom. The Bertz CT molecular complexity index is 1540. The molecule has 4 aromatic heterocycles. The number of pyridine rings is 3. The Labute approximate surface area is 218 Å². The Kier molecular flexibility index (Phi) is 6.28. The van der Waals surface area contributed by atoms with Crippen molar-refractivity contribution in [1.82, 2.24) is 29.7 Å². The summed E-state index contributed by atoms with van der Waals surface area (Å²) in [5.74, 6) is 0. The third-order valence-corrected chi connectivity index (χ3v) is 7.40. The van der Waals surface area contributed by atoms with E-state index in [9.17, 15) is 0 Å². The Morgan fingerprint density at radius 1 is 0.919 bits per heavy atom. The molecule has 1 aromatic carbocycles. The topological polar surface area (TPSA) is 60.9 Å². The van der Waals surface area contributed by atoms with E-state index >= 15 is 0 Å². The number of hydrogen-bond acceptors (Lipinski definition) is 5. The van der Waals surface area contributed by atoms with Crippen molar-refractivity contribution in [3.63, 3.8) is 0 Å². The molecule has 186 valence electrons. The molecular formula is C31H32N6. The van der Waals surface area contributed by atoms with Crippen LogP contribution in [0.3, 0.4) is 0 Å². The summed E-state index contributed by atoms with van der Waals surface area (Å²) in [6.07, 6.45) is 7.06. The van der Waals surface area contributed by atoms with Crippen molar-refractivity contribution < 1.29 is 0 Å². The van der Waals surface area contributed by atoms with Gasteiger partial charge in [0, 0.05) is 66.5 Å². The number of fused-ring (bicyclic) bond motifs is 1. The number of aryl methyl sites for hydroxylation is 1. The highest BCUT2D eigenvalue weighted by molar-refractivity contribution is 5.95. The van der Waals surface area contributed by atoms with Crippen LogP contribution in [0.15, 0.2) is 79.3 Å². The van der Waals surface area contributed by atoms with Gasteiger partial charge in [-0.3, -0.25) is 14.9 Å². The molecule has 6 heteroatoms. The van der Waals surface area contributed by atoms with Crippen molar-refractivity contribution in [3.8, 4) is 33.6 Å². The highest BCUT2D eigenvalue weighted by Gasteiger charge is 2.23. The van der Waals surface area contributed by atoms with Gasteiger partial charge in [-0.05, 0) is 74.5 Å². The summed E-state index contributed by atoms with van der Waals surface area (Å²) in [7, 11) is 4.36. The first-order chi connectivity index (χ1) is 18.0. The predicted octanol–water partition coefficient (Wildman–Crippen LogP) is 5.80. The lowest BCUT2D eigenvalue weighted by Gasteiger charge is -2.20. The van der Waals surface area contributed by atoms with E-state index in [0.717, 1.165) is 64.4 Å². The molecule has 0 amide bonds. The van der Waals surface area contributed by atoms with E-state index in [4.69, 9.17) is 9.97 Å². The fraction of sp³-hybridized carbons (Fsp3) is 0.258. The molecule has 1 unspecified atom stereocenters. The number of likely N-dealkylation sites (N-methyl/N-ethyl adjacent to an activating group) is 1. The number of nitrogens with one attached hydrogen (secondary N) is 1. The predicted molar refractivity (Wildman–Crippen MR) is 150 cm³/mol. The van der Waals surface area contributed by atoms with E-state index in [1.54, 1.807) is 0 Å². The summed E-state index contributed by atoms with van der Waals surface area (Å²) in [6, 6.07) is 22.1. The molecule has 0 radical (unpaired) electrons. The zero-order valence-corrected chi connectivity index (χ0v) is 21.6. The fourth-order valence-corrected chi connectivity index (χ4v) is 5.28. The molecule has 0 bridgehead atoms. The molecule has 6 nitrogen and oxygen atoms in total. The minimum Gasteiger partial charge on any atom is -0.346 e. The second kappa shape index (κ2) is 9.88.